The van der Waals surface area contributed by atoms with Crippen LogP contribution in [0.15, 0.2) is 22.7 Å². The van der Waals surface area contributed by atoms with Crippen LogP contribution in [0.25, 0.3) is 0 Å². The number of non-ortho nitro benzene ring substituents is 1. The summed E-state index contributed by atoms with van der Waals surface area (Å²) in [4.78, 5) is 10.2. The second kappa shape index (κ2) is 5.23. The number of halogens is 1. The van der Waals surface area contributed by atoms with Crippen molar-refractivity contribution < 1.29 is 10.0 Å². The molecule has 0 aliphatic rings. The average molecular weight is 274 g/mol. The number of aryl methyl sites for hydroxylation is 1. The maximum atomic E-state index is 10.6. The minimum Gasteiger partial charge on any atom is -0.393 e. The Morgan fingerprint density at radius 1 is 1.53 bits per heavy atom. The fourth-order valence-electron chi connectivity index (χ4n) is 1.26. The summed E-state index contributed by atoms with van der Waals surface area (Å²) in [6.45, 7) is 1.70. The van der Waals surface area contributed by atoms with Crippen molar-refractivity contribution in [1.29, 1.82) is 0 Å². The van der Waals surface area contributed by atoms with Crippen LogP contribution >= 0.6 is 15.9 Å². The molecular formula is C10H12BrNO3. The Labute approximate surface area is 96.2 Å². The Morgan fingerprint density at radius 2 is 2.20 bits per heavy atom. The number of nitrogens with zero attached hydrogens (tertiary/aromatic N) is 1. The fraction of sp³-hybridized carbons (Fsp3) is 0.400. The summed E-state index contributed by atoms with van der Waals surface area (Å²) >= 11 is 3.22. The van der Waals surface area contributed by atoms with E-state index in [1.54, 1.807) is 6.92 Å². The number of rotatable bonds is 4. The molecule has 4 nitrogen and oxygen atoms in total. The van der Waals surface area contributed by atoms with Crippen LogP contribution in [0.5, 0.6) is 0 Å². The lowest BCUT2D eigenvalue weighted by Gasteiger charge is -2.04. The fourth-order valence-corrected chi connectivity index (χ4v) is 1.79. The molecule has 1 rings (SSSR count). The molecular weight excluding hydrogens is 262 g/mol. The molecule has 15 heavy (non-hydrogen) atoms. The second-order valence-corrected chi connectivity index (χ2v) is 4.38. The molecule has 0 saturated heterocycles. The zero-order chi connectivity index (χ0) is 11.4. The van der Waals surface area contributed by atoms with Crippen molar-refractivity contribution in [2.75, 3.05) is 0 Å². The van der Waals surface area contributed by atoms with Crippen molar-refractivity contribution in [1.82, 2.24) is 0 Å². The lowest BCUT2D eigenvalue weighted by molar-refractivity contribution is -0.385. The average Bonchev–Trinajstić information content (AvgIpc) is 2.13. The molecule has 0 saturated carbocycles. The number of benzene rings is 1. The van der Waals surface area contributed by atoms with E-state index in [0.29, 0.717) is 17.3 Å². The van der Waals surface area contributed by atoms with Gasteiger partial charge in [-0.25, -0.2) is 0 Å². The van der Waals surface area contributed by atoms with E-state index < -0.39 is 4.92 Å². The van der Waals surface area contributed by atoms with Gasteiger partial charge in [-0.05, 0) is 31.4 Å². The van der Waals surface area contributed by atoms with E-state index in [-0.39, 0.29) is 11.8 Å². The molecule has 0 amide bonds. The van der Waals surface area contributed by atoms with Crippen molar-refractivity contribution in [3.8, 4) is 0 Å². The standard InChI is InChI=1S/C10H12BrNO3/c1-7(13)2-3-8-4-9(11)6-10(5-8)12(14)15/h4-7,13H,2-3H2,1H3/t7-/m0/s1. The van der Waals surface area contributed by atoms with Gasteiger partial charge in [0.25, 0.3) is 5.69 Å². The van der Waals surface area contributed by atoms with E-state index in [1.807, 2.05) is 6.07 Å². The molecule has 1 aromatic carbocycles. The van der Waals surface area contributed by atoms with Crippen molar-refractivity contribution in [3.05, 3.63) is 38.3 Å². The van der Waals surface area contributed by atoms with Gasteiger partial charge in [0.05, 0.1) is 11.0 Å². The molecule has 0 heterocycles. The molecule has 0 aliphatic heterocycles. The van der Waals surface area contributed by atoms with E-state index in [2.05, 4.69) is 15.9 Å². The predicted octanol–water partition coefficient (Wildman–Crippen LogP) is 2.67. The summed E-state index contributed by atoms with van der Waals surface area (Å²) in [5.41, 5.74) is 0.932. The monoisotopic (exact) mass is 273 g/mol. The van der Waals surface area contributed by atoms with Crippen LogP contribution in [0, 0.1) is 10.1 Å². The van der Waals surface area contributed by atoms with Crippen LogP contribution in [0.1, 0.15) is 18.9 Å². The first-order valence-corrected chi connectivity index (χ1v) is 5.40. The van der Waals surface area contributed by atoms with Crippen molar-refractivity contribution in [2.45, 2.75) is 25.9 Å². The van der Waals surface area contributed by atoms with Gasteiger partial charge >= 0.3 is 0 Å². The van der Waals surface area contributed by atoms with Crippen LogP contribution in [-0.2, 0) is 6.42 Å². The van der Waals surface area contributed by atoms with Crippen molar-refractivity contribution in [2.24, 2.45) is 0 Å². The molecule has 0 fully saturated rings. The third-order valence-corrected chi connectivity index (χ3v) is 2.46. The molecule has 0 aliphatic carbocycles. The zero-order valence-electron chi connectivity index (χ0n) is 8.31. The highest BCUT2D eigenvalue weighted by Gasteiger charge is 2.09. The van der Waals surface area contributed by atoms with Crippen molar-refractivity contribution >= 4 is 21.6 Å². The number of aliphatic hydroxyl groups excluding tert-OH is 1. The van der Waals surface area contributed by atoms with Gasteiger partial charge in [-0.3, -0.25) is 10.1 Å². The Bertz CT molecular complexity index is 366. The minimum absolute atomic E-state index is 0.0740. The summed E-state index contributed by atoms with van der Waals surface area (Å²) < 4.78 is 0.692. The van der Waals surface area contributed by atoms with Gasteiger partial charge in [-0.2, -0.15) is 0 Å². The van der Waals surface area contributed by atoms with Crippen molar-refractivity contribution in [3.63, 3.8) is 0 Å². The van der Waals surface area contributed by atoms with Gasteiger partial charge in [-0.15, -0.1) is 0 Å². The topological polar surface area (TPSA) is 63.4 Å². The largest absolute Gasteiger partial charge is 0.393 e. The molecule has 5 heteroatoms. The van der Waals surface area contributed by atoms with E-state index in [9.17, 15) is 10.1 Å². The third kappa shape index (κ3) is 3.97. The Hall–Kier alpha value is -0.940. The smallest absolute Gasteiger partial charge is 0.270 e. The van der Waals surface area contributed by atoms with E-state index in [1.165, 1.54) is 12.1 Å². The number of hydrogen-bond acceptors (Lipinski definition) is 3. The number of nitro benzene ring substituents is 1. The lowest BCUT2D eigenvalue weighted by atomic mass is 10.1. The molecule has 1 atom stereocenters. The molecule has 0 radical (unpaired) electrons. The van der Waals surface area contributed by atoms with E-state index >= 15 is 0 Å². The summed E-state index contributed by atoms with van der Waals surface area (Å²) in [6.07, 6.45) is 0.856. The van der Waals surface area contributed by atoms with Gasteiger partial charge < -0.3 is 5.11 Å². The highest BCUT2D eigenvalue weighted by Crippen LogP contribution is 2.22. The summed E-state index contributed by atoms with van der Waals surface area (Å²) in [5.74, 6) is 0. The van der Waals surface area contributed by atoms with E-state index in [4.69, 9.17) is 5.11 Å². The van der Waals surface area contributed by atoms with Crippen LogP contribution in [0.3, 0.4) is 0 Å². The number of nitro groups is 1. The molecule has 82 valence electrons. The molecule has 1 N–H and O–H groups in total. The Kier molecular flexibility index (Phi) is 4.23. The SMILES string of the molecule is C[C@H](O)CCc1cc(Br)cc([N+](=O)[O-])c1. The number of aliphatic hydroxyl groups is 1. The minimum atomic E-state index is -0.420. The van der Waals surface area contributed by atoms with Crippen LogP contribution < -0.4 is 0 Å². The molecule has 0 spiro atoms. The maximum Gasteiger partial charge on any atom is 0.270 e. The summed E-state index contributed by atoms with van der Waals surface area (Å²) in [6, 6.07) is 4.83. The Morgan fingerprint density at radius 3 is 2.73 bits per heavy atom. The second-order valence-electron chi connectivity index (χ2n) is 3.46. The van der Waals surface area contributed by atoms with Crippen LogP contribution in [0.2, 0.25) is 0 Å². The maximum absolute atomic E-state index is 10.6. The first-order valence-electron chi connectivity index (χ1n) is 4.61. The van der Waals surface area contributed by atoms with Crippen LogP contribution in [-0.4, -0.2) is 16.1 Å². The van der Waals surface area contributed by atoms with Gasteiger partial charge in [0, 0.05) is 16.6 Å². The first-order chi connectivity index (χ1) is 6.99. The van der Waals surface area contributed by atoms with Gasteiger partial charge in [0.1, 0.15) is 0 Å². The molecule has 0 aromatic heterocycles. The summed E-state index contributed by atoms with van der Waals surface area (Å²) in [7, 11) is 0. The first kappa shape index (κ1) is 12.1. The summed E-state index contributed by atoms with van der Waals surface area (Å²) in [5, 5.41) is 19.7. The van der Waals surface area contributed by atoms with Gasteiger partial charge in [0.15, 0.2) is 0 Å². The normalized spacial score (nSPS) is 12.5. The quantitative estimate of drug-likeness (QED) is 0.678. The lowest BCUT2D eigenvalue weighted by Crippen LogP contribution is -2.01. The Balaban J connectivity index is 2.84. The third-order valence-electron chi connectivity index (χ3n) is 2.00. The molecule has 0 bridgehead atoms. The highest BCUT2D eigenvalue weighted by atomic mass is 79.9. The van der Waals surface area contributed by atoms with E-state index in [0.717, 1.165) is 5.56 Å². The highest BCUT2D eigenvalue weighted by molar-refractivity contribution is 9.10. The van der Waals surface area contributed by atoms with Gasteiger partial charge in [-0.1, -0.05) is 15.9 Å². The number of hydrogen-bond donors (Lipinski definition) is 1. The molecule has 0 unspecified atom stereocenters. The van der Waals surface area contributed by atoms with Crippen LogP contribution in [0.4, 0.5) is 5.69 Å². The predicted molar refractivity (Wildman–Crippen MR) is 60.8 cm³/mol. The zero-order valence-corrected chi connectivity index (χ0v) is 9.90. The van der Waals surface area contributed by atoms with Gasteiger partial charge in [0.2, 0.25) is 0 Å². The molecule has 1 aromatic rings.